The van der Waals surface area contributed by atoms with Gasteiger partial charge in [-0.25, -0.2) is 4.79 Å². The summed E-state index contributed by atoms with van der Waals surface area (Å²) in [4.78, 5) is 25.0. The SMILES string of the molecule is CSCC[C@H](NC(=O)c1ccc(CCc2ccc(C3CCCCC3)cc2)cc1-c1ccccc1C)C(=O)O. The third-order valence-electron chi connectivity index (χ3n) is 7.74. The minimum absolute atomic E-state index is 0.346. The van der Waals surface area contributed by atoms with Gasteiger partial charge < -0.3 is 10.4 Å². The van der Waals surface area contributed by atoms with Gasteiger partial charge in [-0.2, -0.15) is 11.8 Å². The molecule has 0 aromatic heterocycles. The van der Waals surface area contributed by atoms with E-state index in [-0.39, 0.29) is 5.91 Å². The van der Waals surface area contributed by atoms with Crippen LogP contribution in [-0.2, 0) is 17.6 Å². The fraction of sp³-hybridized carbons (Fsp3) is 0.394. The summed E-state index contributed by atoms with van der Waals surface area (Å²) in [7, 11) is 0. The van der Waals surface area contributed by atoms with E-state index in [4.69, 9.17) is 0 Å². The minimum Gasteiger partial charge on any atom is -0.480 e. The number of carboxylic acid groups (broad SMARTS) is 1. The fourth-order valence-electron chi connectivity index (χ4n) is 5.45. The van der Waals surface area contributed by atoms with E-state index in [0.29, 0.717) is 17.7 Å². The van der Waals surface area contributed by atoms with E-state index < -0.39 is 12.0 Å². The van der Waals surface area contributed by atoms with Gasteiger partial charge in [-0.15, -0.1) is 0 Å². The molecule has 3 aromatic carbocycles. The molecule has 1 aliphatic rings. The zero-order chi connectivity index (χ0) is 26.9. The number of hydrogen-bond donors (Lipinski definition) is 2. The van der Waals surface area contributed by atoms with E-state index in [1.165, 1.54) is 43.2 Å². The highest BCUT2D eigenvalue weighted by Crippen LogP contribution is 2.33. The summed E-state index contributed by atoms with van der Waals surface area (Å²) in [6, 6.07) is 22.3. The number of carboxylic acids is 1. The van der Waals surface area contributed by atoms with E-state index in [0.717, 1.165) is 41.0 Å². The first-order valence-corrected chi connectivity index (χ1v) is 15.2. The molecule has 2 N–H and O–H groups in total. The van der Waals surface area contributed by atoms with E-state index in [1.807, 2.05) is 49.6 Å². The van der Waals surface area contributed by atoms with Crippen LogP contribution >= 0.6 is 11.8 Å². The molecule has 0 aliphatic heterocycles. The summed E-state index contributed by atoms with van der Waals surface area (Å²) in [5.74, 6) is 0.0369. The van der Waals surface area contributed by atoms with Gasteiger partial charge in [0.1, 0.15) is 6.04 Å². The highest BCUT2D eigenvalue weighted by molar-refractivity contribution is 7.98. The maximum Gasteiger partial charge on any atom is 0.326 e. The lowest BCUT2D eigenvalue weighted by Gasteiger charge is -2.22. The molecule has 3 aromatic rings. The van der Waals surface area contributed by atoms with Crippen LogP contribution in [0.4, 0.5) is 0 Å². The molecular formula is C33H39NO3S. The predicted molar refractivity (Wildman–Crippen MR) is 158 cm³/mol. The number of aliphatic carboxylic acids is 1. The van der Waals surface area contributed by atoms with Gasteiger partial charge in [0.05, 0.1) is 0 Å². The molecule has 0 unspecified atom stereocenters. The van der Waals surface area contributed by atoms with Gasteiger partial charge in [-0.05, 0) is 96.4 Å². The number of carbonyl (C=O) groups is 2. The molecule has 1 amide bonds. The maximum absolute atomic E-state index is 13.3. The third-order valence-corrected chi connectivity index (χ3v) is 8.38. The second-order valence-corrected chi connectivity index (χ2v) is 11.4. The highest BCUT2D eigenvalue weighted by atomic mass is 32.2. The van der Waals surface area contributed by atoms with Gasteiger partial charge in [-0.3, -0.25) is 4.79 Å². The number of amides is 1. The standard InChI is InChI=1S/C33H39NO3S/c1-23-8-6-7-11-28(23)30-22-25(16-19-29(30)32(35)34-31(33(36)37)20-21-38-2)13-12-24-14-17-27(18-15-24)26-9-4-3-5-10-26/h6-8,11,14-19,22,26,31H,3-5,9-10,12-13,20-21H2,1-2H3,(H,34,35)(H,36,37)/t31-/m0/s1. The lowest BCUT2D eigenvalue weighted by molar-refractivity contribution is -0.139. The molecule has 1 aliphatic carbocycles. The summed E-state index contributed by atoms with van der Waals surface area (Å²) in [5.41, 5.74) is 7.38. The Morgan fingerprint density at radius 3 is 2.29 bits per heavy atom. The van der Waals surface area contributed by atoms with E-state index in [2.05, 4.69) is 35.6 Å². The van der Waals surface area contributed by atoms with Gasteiger partial charge in [0.25, 0.3) is 5.91 Å². The van der Waals surface area contributed by atoms with Crippen LogP contribution in [0.1, 0.15) is 77.1 Å². The maximum atomic E-state index is 13.3. The van der Waals surface area contributed by atoms with Crippen molar-refractivity contribution in [2.24, 2.45) is 0 Å². The second-order valence-electron chi connectivity index (χ2n) is 10.4. The van der Waals surface area contributed by atoms with Gasteiger partial charge in [-0.1, -0.05) is 79.9 Å². The van der Waals surface area contributed by atoms with Crippen LogP contribution in [-0.4, -0.2) is 35.0 Å². The van der Waals surface area contributed by atoms with Crippen molar-refractivity contribution < 1.29 is 14.7 Å². The Morgan fingerprint density at radius 1 is 0.921 bits per heavy atom. The highest BCUT2D eigenvalue weighted by Gasteiger charge is 2.23. The van der Waals surface area contributed by atoms with Crippen molar-refractivity contribution in [1.29, 1.82) is 0 Å². The number of aryl methyl sites for hydroxylation is 3. The normalized spacial score (nSPS) is 14.7. The summed E-state index contributed by atoms with van der Waals surface area (Å²) in [5, 5.41) is 12.4. The number of nitrogens with one attached hydrogen (secondary N) is 1. The Hall–Kier alpha value is -3.05. The van der Waals surface area contributed by atoms with Crippen LogP contribution in [0, 0.1) is 6.92 Å². The smallest absolute Gasteiger partial charge is 0.326 e. The third kappa shape index (κ3) is 7.28. The topological polar surface area (TPSA) is 66.4 Å². The molecule has 200 valence electrons. The Bertz CT molecular complexity index is 1230. The first-order chi connectivity index (χ1) is 18.5. The Kier molecular flexibility index (Phi) is 10.1. The molecule has 1 saturated carbocycles. The van der Waals surface area contributed by atoms with E-state index in [9.17, 15) is 14.7 Å². The number of rotatable bonds is 11. The molecule has 0 bridgehead atoms. The predicted octanol–water partition coefficient (Wildman–Crippen LogP) is 7.43. The molecule has 1 atom stereocenters. The average Bonchev–Trinajstić information content (AvgIpc) is 2.95. The van der Waals surface area contributed by atoms with Crippen molar-refractivity contribution in [2.75, 3.05) is 12.0 Å². The van der Waals surface area contributed by atoms with Crippen LogP contribution in [0.15, 0.2) is 66.7 Å². The van der Waals surface area contributed by atoms with Crippen LogP contribution < -0.4 is 5.32 Å². The van der Waals surface area contributed by atoms with Crippen LogP contribution in [0.5, 0.6) is 0 Å². The zero-order valence-corrected chi connectivity index (χ0v) is 23.4. The molecule has 5 heteroatoms. The molecule has 1 fully saturated rings. The molecule has 0 radical (unpaired) electrons. The molecular weight excluding hydrogens is 490 g/mol. The summed E-state index contributed by atoms with van der Waals surface area (Å²) in [6.07, 6.45) is 10.8. The van der Waals surface area contributed by atoms with Crippen molar-refractivity contribution in [1.82, 2.24) is 5.32 Å². The summed E-state index contributed by atoms with van der Waals surface area (Å²) in [6.45, 7) is 2.04. The first kappa shape index (κ1) is 28.0. The lowest BCUT2D eigenvalue weighted by Crippen LogP contribution is -2.41. The Labute approximate surface area is 231 Å². The number of benzene rings is 3. The van der Waals surface area contributed by atoms with E-state index in [1.54, 1.807) is 11.8 Å². The largest absolute Gasteiger partial charge is 0.480 e. The van der Waals surface area contributed by atoms with Gasteiger partial charge in [0.15, 0.2) is 0 Å². The summed E-state index contributed by atoms with van der Waals surface area (Å²) >= 11 is 1.57. The van der Waals surface area contributed by atoms with Crippen molar-refractivity contribution in [3.63, 3.8) is 0 Å². The first-order valence-electron chi connectivity index (χ1n) is 13.8. The average molecular weight is 530 g/mol. The molecule has 0 spiro atoms. The van der Waals surface area contributed by atoms with Crippen molar-refractivity contribution in [3.8, 4) is 11.1 Å². The second kappa shape index (κ2) is 13.7. The van der Waals surface area contributed by atoms with Crippen LogP contribution in [0.3, 0.4) is 0 Å². The number of hydrogen-bond acceptors (Lipinski definition) is 3. The quantitative estimate of drug-likeness (QED) is 0.271. The molecule has 38 heavy (non-hydrogen) atoms. The molecule has 4 nitrogen and oxygen atoms in total. The van der Waals surface area contributed by atoms with E-state index >= 15 is 0 Å². The van der Waals surface area contributed by atoms with Crippen molar-refractivity contribution in [2.45, 2.75) is 70.3 Å². The molecule has 0 heterocycles. The fourth-order valence-corrected chi connectivity index (χ4v) is 5.92. The van der Waals surface area contributed by atoms with Gasteiger partial charge in [0.2, 0.25) is 0 Å². The lowest BCUT2D eigenvalue weighted by atomic mass is 9.84. The van der Waals surface area contributed by atoms with Crippen LogP contribution in [0.2, 0.25) is 0 Å². The van der Waals surface area contributed by atoms with Crippen LogP contribution in [0.25, 0.3) is 11.1 Å². The van der Waals surface area contributed by atoms with Gasteiger partial charge >= 0.3 is 5.97 Å². The molecule has 0 saturated heterocycles. The Balaban J connectivity index is 1.53. The number of thioether (sulfide) groups is 1. The van der Waals surface area contributed by atoms with Crippen molar-refractivity contribution >= 4 is 23.6 Å². The monoisotopic (exact) mass is 529 g/mol. The van der Waals surface area contributed by atoms with Crippen molar-refractivity contribution in [3.05, 3.63) is 94.5 Å². The Morgan fingerprint density at radius 2 is 1.61 bits per heavy atom. The number of carbonyl (C=O) groups excluding carboxylic acids is 1. The van der Waals surface area contributed by atoms with Gasteiger partial charge in [0, 0.05) is 5.56 Å². The zero-order valence-electron chi connectivity index (χ0n) is 22.5. The molecule has 4 rings (SSSR count). The minimum atomic E-state index is -1.00. The summed E-state index contributed by atoms with van der Waals surface area (Å²) < 4.78 is 0.